The van der Waals surface area contributed by atoms with E-state index in [1.54, 1.807) is 24.3 Å². The Morgan fingerprint density at radius 3 is 1.93 bits per heavy atom. The standard InChI is InChI=1S/C20H11NO6/c22-17-15-6-4-13(20(26)27)9-16(15)18(23)21(17)14-5-3-10-7-12(19(24)25)2-1-11(10)8-14/h1-9H,(H,24,25)(H,26,27). The number of hydrogen-bond acceptors (Lipinski definition) is 4. The number of carboxylic acids is 2. The summed E-state index contributed by atoms with van der Waals surface area (Å²) in [6.45, 7) is 0. The molecule has 0 saturated heterocycles. The molecule has 2 amide bonds. The summed E-state index contributed by atoms with van der Waals surface area (Å²) in [7, 11) is 0. The van der Waals surface area contributed by atoms with Crippen LogP contribution < -0.4 is 4.90 Å². The van der Waals surface area contributed by atoms with Crippen molar-refractivity contribution in [2.24, 2.45) is 0 Å². The number of imide groups is 1. The van der Waals surface area contributed by atoms with Crippen LogP contribution in [-0.4, -0.2) is 34.0 Å². The van der Waals surface area contributed by atoms with Gasteiger partial charge in [-0.1, -0.05) is 12.1 Å². The zero-order valence-electron chi connectivity index (χ0n) is 13.7. The third-order valence-electron chi connectivity index (χ3n) is 4.46. The van der Waals surface area contributed by atoms with Crippen molar-refractivity contribution in [1.29, 1.82) is 0 Å². The highest BCUT2D eigenvalue weighted by atomic mass is 16.4. The molecule has 0 atom stereocenters. The van der Waals surface area contributed by atoms with Gasteiger partial charge in [-0.25, -0.2) is 14.5 Å². The number of nitrogens with zero attached hydrogens (tertiary/aromatic N) is 1. The van der Waals surface area contributed by atoms with E-state index in [4.69, 9.17) is 10.2 Å². The predicted molar refractivity (Wildman–Crippen MR) is 95.4 cm³/mol. The number of benzene rings is 3. The van der Waals surface area contributed by atoms with Crippen molar-refractivity contribution in [1.82, 2.24) is 0 Å². The molecule has 1 aliphatic rings. The van der Waals surface area contributed by atoms with E-state index < -0.39 is 23.8 Å². The summed E-state index contributed by atoms with van der Waals surface area (Å²) in [5.41, 5.74) is 0.579. The maximum atomic E-state index is 12.7. The van der Waals surface area contributed by atoms with E-state index in [0.29, 0.717) is 16.5 Å². The van der Waals surface area contributed by atoms with E-state index in [1.807, 2.05) is 0 Å². The summed E-state index contributed by atoms with van der Waals surface area (Å²) in [4.78, 5) is 48.5. The largest absolute Gasteiger partial charge is 0.478 e. The van der Waals surface area contributed by atoms with Gasteiger partial charge in [0.15, 0.2) is 0 Å². The number of carbonyl (C=O) groups excluding carboxylic acids is 2. The van der Waals surface area contributed by atoms with Crippen molar-refractivity contribution in [3.8, 4) is 0 Å². The molecular weight excluding hydrogens is 350 g/mol. The molecule has 3 aromatic carbocycles. The normalized spacial score (nSPS) is 13.1. The van der Waals surface area contributed by atoms with Crippen LogP contribution in [0.5, 0.6) is 0 Å². The smallest absolute Gasteiger partial charge is 0.335 e. The van der Waals surface area contributed by atoms with Crippen LogP contribution in [0, 0.1) is 0 Å². The second-order valence-corrected chi connectivity index (χ2v) is 6.06. The second-order valence-electron chi connectivity index (χ2n) is 6.06. The van der Waals surface area contributed by atoms with Gasteiger partial charge < -0.3 is 10.2 Å². The van der Waals surface area contributed by atoms with Gasteiger partial charge in [0.1, 0.15) is 0 Å². The molecule has 0 saturated carbocycles. The van der Waals surface area contributed by atoms with Gasteiger partial charge in [0.25, 0.3) is 11.8 Å². The Morgan fingerprint density at radius 1 is 0.667 bits per heavy atom. The molecular formula is C20H11NO6. The zero-order chi connectivity index (χ0) is 19.3. The van der Waals surface area contributed by atoms with E-state index in [1.165, 1.54) is 30.3 Å². The molecule has 0 radical (unpaired) electrons. The van der Waals surface area contributed by atoms with E-state index in [0.717, 1.165) is 4.90 Å². The van der Waals surface area contributed by atoms with Crippen LogP contribution in [0.3, 0.4) is 0 Å². The molecule has 27 heavy (non-hydrogen) atoms. The quantitative estimate of drug-likeness (QED) is 0.694. The Labute approximate surface area is 152 Å². The highest BCUT2D eigenvalue weighted by molar-refractivity contribution is 6.35. The molecule has 0 fully saturated rings. The SMILES string of the molecule is O=C(O)c1ccc2c(c1)C(=O)N(c1ccc3cc(C(=O)O)ccc3c1)C2=O. The van der Waals surface area contributed by atoms with Gasteiger partial charge in [-0.2, -0.15) is 0 Å². The number of carbonyl (C=O) groups is 4. The van der Waals surface area contributed by atoms with Crippen molar-refractivity contribution in [2.45, 2.75) is 0 Å². The summed E-state index contributed by atoms with van der Waals surface area (Å²) in [6, 6.07) is 13.1. The summed E-state index contributed by atoms with van der Waals surface area (Å²) in [5.74, 6) is -3.36. The number of aromatic carboxylic acids is 2. The number of rotatable bonds is 3. The minimum Gasteiger partial charge on any atom is -0.478 e. The third kappa shape index (κ3) is 2.53. The number of carboxylic acid groups (broad SMARTS) is 2. The first kappa shape index (κ1) is 16.5. The van der Waals surface area contributed by atoms with Gasteiger partial charge in [-0.15, -0.1) is 0 Å². The van der Waals surface area contributed by atoms with E-state index in [-0.39, 0.29) is 22.3 Å². The number of anilines is 1. The first-order valence-corrected chi connectivity index (χ1v) is 7.90. The predicted octanol–water partition coefficient (Wildman–Crippen LogP) is 3.04. The Bertz CT molecular complexity index is 1180. The molecule has 4 rings (SSSR count). The second kappa shape index (κ2) is 5.77. The lowest BCUT2D eigenvalue weighted by atomic mass is 10.1. The van der Waals surface area contributed by atoms with Crippen molar-refractivity contribution in [3.05, 3.63) is 76.9 Å². The van der Waals surface area contributed by atoms with Crippen molar-refractivity contribution < 1.29 is 29.4 Å². The third-order valence-corrected chi connectivity index (χ3v) is 4.46. The molecule has 0 aliphatic carbocycles. The lowest BCUT2D eigenvalue weighted by molar-refractivity contribution is 0.0686. The number of fused-ring (bicyclic) bond motifs is 2. The maximum Gasteiger partial charge on any atom is 0.335 e. The average molecular weight is 361 g/mol. The highest BCUT2D eigenvalue weighted by Crippen LogP contribution is 2.31. The first-order valence-electron chi connectivity index (χ1n) is 7.90. The molecule has 132 valence electrons. The minimum absolute atomic E-state index is 0.0428. The fourth-order valence-corrected chi connectivity index (χ4v) is 3.11. The van der Waals surface area contributed by atoms with Crippen LogP contribution in [0.15, 0.2) is 54.6 Å². The van der Waals surface area contributed by atoms with Crippen LogP contribution in [0.25, 0.3) is 10.8 Å². The van der Waals surface area contributed by atoms with Gasteiger partial charge in [-0.3, -0.25) is 9.59 Å². The van der Waals surface area contributed by atoms with Crippen molar-refractivity contribution >= 4 is 40.2 Å². The Kier molecular flexibility index (Phi) is 3.52. The highest BCUT2D eigenvalue weighted by Gasteiger charge is 2.37. The molecule has 7 heteroatoms. The first-order chi connectivity index (χ1) is 12.9. The molecule has 1 aliphatic heterocycles. The molecule has 0 bridgehead atoms. The molecule has 3 aromatic rings. The van der Waals surface area contributed by atoms with Crippen LogP contribution in [0.4, 0.5) is 5.69 Å². The van der Waals surface area contributed by atoms with Crippen molar-refractivity contribution in [3.63, 3.8) is 0 Å². The fourth-order valence-electron chi connectivity index (χ4n) is 3.11. The lowest BCUT2D eigenvalue weighted by Crippen LogP contribution is -2.29. The molecule has 0 unspecified atom stereocenters. The molecule has 1 heterocycles. The monoisotopic (exact) mass is 361 g/mol. The lowest BCUT2D eigenvalue weighted by Gasteiger charge is -2.14. The van der Waals surface area contributed by atoms with Crippen LogP contribution in [0.2, 0.25) is 0 Å². The maximum absolute atomic E-state index is 12.7. The van der Waals surface area contributed by atoms with Gasteiger partial charge in [0.05, 0.1) is 27.9 Å². The Hall–Kier alpha value is -4.00. The topological polar surface area (TPSA) is 112 Å². The molecule has 2 N–H and O–H groups in total. The number of amides is 2. The van der Waals surface area contributed by atoms with Crippen LogP contribution in [-0.2, 0) is 0 Å². The number of hydrogen-bond donors (Lipinski definition) is 2. The minimum atomic E-state index is -1.18. The fraction of sp³-hybridized carbons (Fsp3) is 0. The van der Waals surface area contributed by atoms with Gasteiger partial charge in [0.2, 0.25) is 0 Å². The van der Waals surface area contributed by atoms with Gasteiger partial charge >= 0.3 is 11.9 Å². The Morgan fingerprint density at radius 2 is 1.22 bits per heavy atom. The Balaban J connectivity index is 1.78. The summed E-state index contributed by atoms with van der Waals surface area (Å²) in [5, 5.41) is 19.5. The van der Waals surface area contributed by atoms with Crippen LogP contribution in [0.1, 0.15) is 41.4 Å². The van der Waals surface area contributed by atoms with E-state index >= 15 is 0 Å². The van der Waals surface area contributed by atoms with Crippen molar-refractivity contribution in [2.75, 3.05) is 4.90 Å². The zero-order valence-corrected chi connectivity index (χ0v) is 13.7. The van der Waals surface area contributed by atoms with Gasteiger partial charge in [-0.05, 0) is 53.2 Å². The summed E-state index contributed by atoms with van der Waals surface area (Å²) in [6.07, 6.45) is 0. The van der Waals surface area contributed by atoms with E-state index in [2.05, 4.69) is 0 Å². The average Bonchev–Trinajstić information content (AvgIpc) is 2.91. The molecule has 0 spiro atoms. The summed E-state index contributed by atoms with van der Waals surface area (Å²) >= 11 is 0. The molecule has 0 aromatic heterocycles. The van der Waals surface area contributed by atoms with E-state index in [9.17, 15) is 19.2 Å². The van der Waals surface area contributed by atoms with Crippen LogP contribution >= 0.6 is 0 Å². The summed E-state index contributed by atoms with van der Waals surface area (Å²) < 4.78 is 0. The van der Waals surface area contributed by atoms with Gasteiger partial charge in [0, 0.05) is 0 Å². The molecule has 7 nitrogen and oxygen atoms in total.